The van der Waals surface area contributed by atoms with Crippen molar-refractivity contribution in [2.24, 2.45) is 4.99 Å². The molecular weight excluding hydrogens is 391 g/mol. The number of alkyl halides is 3. The van der Waals surface area contributed by atoms with Crippen LogP contribution in [0.2, 0.25) is 0 Å². The summed E-state index contributed by atoms with van der Waals surface area (Å²) >= 11 is 0.906. The van der Waals surface area contributed by atoms with E-state index in [0.717, 1.165) is 11.3 Å². The van der Waals surface area contributed by atoms with Gasteiger partial charge in [-0.25, -0.2) is 4.57 Å². The van der Waals surface area contributed by atoms with Gasteiger partial charge in [-0.1, -0.05) is 36.2 Å². The first kappa shape index (κ1) is 18.2. The van der Waals surface area contributed by atoms with Crippen molar-refractivity contribution >= 4 is 34.6 Å². The van der Waals surface area contributed by atoms with Crippen LogP contribution in [-0.2, 0) is 0 Å². The van der Waals surface area contributed by atoms with Gasteiger partial charge in [-0.15, -0.1) is 6.07 Å². The molecule has 28 heavy (non-hydrogen) atoms. The number of nitrogens with zero attached hydrogens (tertiary/aromatic N) is 3. The van der Waals surface area contributed by atoms with Gasteiger partial charge >= 0.3 is 17.4 Å². The van der Waals surface area contributed by atoms with Crippen LogP contribution in [0.5, 0.6) is 0 Å². The Labute approximate surface area is 161 Å². The van der Waals surface area contributed by atoms with Crippen molar-refractivity contribution in [1.82, 2.24) is 4.98 Å². The van der Waals surface area contributed by atoms with Crippen molar-refractivity contribution in [2.75, 3.05) is 0 Å². The number of aliphatic hydroxyl groups is 1. The lowest BCUT2D eigenvalue weighted by Crippen LogP contribution is -2.51. The molecule has 1 N–H and O–H groups in total. The summed E-state index contributed by atoms with van der Waals surface area (Å²) in [7, 11) is 0. The lowest BCUT2D eigenvalue weighted by atomic mass is 10.1. The van der Waals surface area contributed by atoms with E-state index in [9.17, 15) is 23.4 Å². The molecule has 0 aliphatic carbocycles. The van der Waals surface area contributed by atoms with E-state index in [0.29, 0.717) is 21.4 Å². The number of thiazole rings is 1. The Bertz CT molecular complexity index is 1090. The number of fused-ring (bicyclic) bond motifs is 1. The van der Waals surface area contributed by atoms with Gasteiger partial charge in [0, 0.05) is 11.8 Å². The van der Waals surface area contributed by atoms with E-state index in [1.807, 2.05) is 0 Å². The highest BCUT2D eigenvalue weighted by molar-refractivity contribution is 7.12. The highest BCUT2D eigenvalue weighted by Crippen LogP contribution is 2.36. The summed E-state index contributed by atoms with van der Waals surface area (Å²) in [6.45, 7) is 0. The Morgan fingerprint density at radius 2 is 2.00 bits per heavy atom. The highest BCUT2D eigenvalue weighted by Gasteiger charge is 2.46. The molecule has 1 aromatic carbocycles. The number of halogens is 3. The third kappa shape index (κ3) is 3.04. The van der Waals surface area contributed by atoms with Crippen LogP contribution < -0.4 is 9.67 Å². The van der Waals surface area contributed by atoms with Crippen molar-refractivity contribution < 1.29 is 28.0 Å². The highest BCUT2D eigenvalue weighted by atomic mass is 32.1. The van der Waals surface area contributed by atoms with Crippen LogP contribution in [0.15, 0.2) is 59.2 Å². The maximum absolute atomic E-state index is 13.3. The van der Waals surface area contributed by atoms with Crippen LogP contribution in [0.25, 0.3) is 21.9 Å². The molecule has 1 aliphatic heterocycles. The molecule has 3 aromatic rings. The minimum Gasteiger partial charge on any atom is -0.878 e. The quantitative estimate of drug-likeness (QED) is 0.316. The van der Waals surface area contributed by atoms with Crippen LogP contribution in [0.4, 0.5) is 18.9 Å². The molecule has 9 heteroatoms. The predicted octanol–water partition coefficient (Wildman–Crippen LogP) is 3.31. The van der Waals surface area contributed by atoms with E-state index in [2.05, 4.69) is 9.98 Å². The minimum absolute atomic E-state index is 0.0371. The molecule has 0 saturated heterocycles. The lowest BCUT2D eigenvalue weighted by molar-refractivity contribution is -0.699. The Hall–Kier alpha value is -3.17. The van der Waals surface area contributed by atoms with Gasteiger partial charge in [0.05, 0.1) is 5.69 Å². The number of rotatable bonds is 3. The third-order valence-electron chi connectivity index (χ3n) is 4.10. The minimum atomic E-state index is -5.04. The fraction of sp³-hybridized carbons (Fsp3) is 0.0526. The summed E-state index contributed by atoms with van der Waals surface area (Å²) in [6, 6.07) is 9.93. The zero-order valence-corrected chi connectivity index (χ0v) is 14.8. The van der Waals surface area contributed by atoms with Gasteiger partial charge in [-0.3, -0.25) is 4.99 Å². The van der Waals surface area contributed by atoms with Crippen LogP contribution in [0.1, 0.15) is 11.3 Å². The Morgan fingerprint density at radius 3 is 2.71 bits per heavy atom. The second kappa shape index (κ2) is 6.77. The number of allylic oxidation sites excluding steroid dienone is 1. The number of aliphatic hydroxyl groups excluding tert-OH is 1. The van der Waals surface area contributed by atoms with E-state index < -0.39 is 18.2 Å². The first-order chi connectivity index (χ1) is 13.4. The second-order valence-corrected chi connectivity index (χ2v) is 6.70. The smallest absolute Gasteiger partial charge is 0.450 e. The van der Waals surface area contributed by atoms with Crippen molar-refractivity contribution in [1.29, 1.82) is 0 Å². The first-order valence-corrected chi connectivity index (χ1v) is 8.88. The summed E-state index contributed by atoms with van der Waals surface area (Å²) in [5.41, 5.74) is 1.28. The number of pyridine rings is 1. The molecule has 5 nitrogen and oxygen atoms in total. The van der Waals surface area contributed by atoms with E-state index in [-0.39, 0.29) is 16.3 Å². The molecule has 0 amide bonds. The van der Waals surface area contributed by atoms with Crippen LogP contribution in [-0.4, -0.2) is 22.5 Å². The number of hydrogen-bond acceptors (Lipinski definition) is 4. The van der Waals surface area contributed by atoms with Gasteiger partial charge in [0.25, 0.3) is 0 Å². The maximum Gasteiger partial charge on any atom is 0.450 e. The van der Waals surface area contributed by atoms with Crippen molar-refractivity contribution in [3.63, 3.8) is 0 Å². The summed E-state index contributed by atoms with van der Waals surface area (Å²) in [4.78, 5) is 8.02. The Morgan fingerprint density at radius 1 is 1.21 bits per heavy atom. The average molecular weight is 402 g/mol. The number of aromatic nitrogens is 2. The zero-order valence-electron chi connectivity index (χ0n) is 14.0. The molecule has 2 aromatic heterocycles. The zero-order chi connectivity index (χ0) is 19.9. The molecular formula is C19H11F3N3O2S-. The molecule has 1 aliphatic rings. The van der Waals surface area contributed by atoms with Gasteiger partial charge < -0.3 is 15.2 Å². The normalized spacial score (nSPS) is 14.9. The molecule has 0 radical (unpaired) electrons. The van der Waals surface area contributed by atoms with Gasteiger partial charge in [0.15, 0.2) is 11.3 Å². The Balaban J connectivity index is 1.93. The third-order valence-corrected chi connectivity index (χ3v) is 5.09. The van der Waals surface area contributed by atoms with Crippen molar-refractivity contribution in [2.45, 2.75) is 6.18 Å². The molecule has 0 unspecified atom stereocenters. The number of aliphatic imine (C=N–C) groups is 1. The number of hydrogen-bond donors (Lipinski definition) is 1. The molecule has 3 heterocycles. The standard InChI is InChI=1S/C19H12F3N3O2S/c20-19(21,22)18(27)25-15(10-28-17(25)11-4-3-7-23-8-11)16(26)13-9-24-14-6-2-1-5-12(13)14/h1-10,26-27H/p-1. The number of para-hydroxylation sites is 1. The fourth-order valence-electron chi connectivity index (χ4n) is 2.84. The molecule has 0 atom stereocenters. The molecule has 142 valence electrons. The largest absolute Gasteiger partial charge is 0.878 e. The van der Waals surface area contributed by atoms with E-state index >= 15 is 0 Å². The summed E-state index contributed by atoms with van der Waals surface area (Å²) in [5.74, 6) is -0.670. The molecule has 0 bridgehead atoms. The topological polar surface area (TPSA) is 72.4 Å². The van der Waals surface area contributed by atoms with Crippen molar-refractivity contribution in [3.05, 3.63) is 71.7 Å². The van der Waals surface area contributed by atoms with Crippen LogP contribution in [0.3, 0.4) is 0 Å². The summed E-state index contributed by atoms with van der Waals surface area (Å²) in [6.07, 6.45) is -2.77. The summed E-state index contributed by atoms with van der Waals surface area (Å²) in [5, 5.41) is 24.3. The maximum atomic E-state index is 13.3. The van der Waals surface area contributed by atoms with Gasteiger partial charge in [0.2, 0.25) is 0 Å². The van der Waals surface area contributed by atoms with Gasteiger partial charge in [-0.2, -0.15) is 13.2 Å². The molecule has 0 saturated carbocycles. The van der Waals surface area contributed by atoms with Gasteiger partial charge in [-0.05, 0) is 23.4 Å². The number of benzene rings is 1. The Kier molecular flexibility index (Phi) is 4.40. The van der Waals surface area contributed by atoms with Crippen LogP contribution >= 0.6 is 11.3 Å². The van der Waals surface area contributed by atoms with Gasteiger partial charge in [0.1, 0.15) is 11.1 Å². The molecule has 4 rings (SSSR count). The second-order valence-electron chi connectivity index (χ2n) is 5.84. The first-order valence-electron chi connectivity index (χ1n) is 8.00. The fourth-order valence-corrected chi connectivity index (χ4v) is 3.82. The lowest BCUT2D eigenvalue weighted by Gasteiger charge is -2.21. The van der Waals surface area contributed by atoms with E-state index in [4.69, 9.17) is 0 Å². The SMILES string of the molecule is [O-]C(=C1C=Nc2ccccc21)c1c[s+][c-](-c2cccnc2)[n+]1[C-](O)C(F)(F)F. The molecule has 0 fully saturated rings. The predicted molar refractivity (Wildman–Crippen MR) is 95.8 cm³/mol. The van der Waals surface area contributed by atoms with E-state index in [1.165, 1.54) is 24.0 Å². The molecule has 0 spiro atoms. The average Bonchev–Trinajstić information content (AvgIpc) is 3.31. The van der Waals surface area contributed by atoms with Crippen LogP contribution in [0, 0.1) is 6.23 Å². The van der Waals surface area contributed by atoms with Crippen molar-refractivity contribution in [3.8, 4) is 10.6 Å². The summed E-state index contributed by atoms with van der Waals surface area (Å²) < 4.78 is 40.4. The van der Waals surface area contributed by atoms with E-state index in [1.54, 1.807) is 36.4 Å². The monoisotopic (exact) mass is 402 g/mol.